The van der Waals surface area contributed by atoms with Gasteiger partial charge < -0.3 is 4.42 Å². The van der Waals surface area contributed by atoms with Gasteiger partial charge in [0.25, 0.3) is 11.8 Å². The van der Waals surface area contributed by atoms with E-state index >= 15 is 0 Å². The van der Waals surface area contributed by atoms with Gasteiger partial charge in [0, 0.05) is 13.1 Å². The molecule has 0 aliphatic carbocycles. The smallest absolute Gasteiger partial charge is 0.265 e. The number of furan rings is 1. The van der Waals surface area contributed by atoms with E-state index in [4.69, 9.17) is 16.6 Å². The van der Waals surface area contributed by atoms with Crippen LogP contribution in [-0.4, -0.2) is 39.8 Å². The largest absolute Gasteiger partial charge is 0.465 e. The average molecular weight is 356 g/mol. The minimum atomic E-state index is -0.384. The first-order valence-electron chi connectivity index (χ1n) is 7.89. The molecule has 0 saturated carbocycles. The first-order valence-corrected chi connectivity index (χ1v) is 8.30. The Morgan fingerprint density at radius 2 is 1.72 bits per heavy atom. The molecule has 0 spiro atoms. The molecular formula is C19H20N2O3S. The summed E-state index contributed by atoms with van der Waals surface area (Å²) in [6.07, 6.45) is 11.4. The molecule has 25 heavy (non-hydrogen) atoms. The number of allylic oxidation sites excluding steroid dienone is 2. The second-order valence-electron chi connectivity index (χ2n) is 5.30. The Balaban J connectivity index is 2.10. The van der Waals surface area contributed by atoms with Crippen molar-refractivity contribution in [2.24, 2.45) is 0 Å². The van der Waals surface area contributed by atoms with Crippen LogP contribution < -0.4 is 0 Å². The van der Waals surface area contributed by atoms with Crippen LogP contribution in [0.2, 0.25) is 0 Å². The first-order chi connectivity index (χ1) is 12.1. The zero-order valence-electron chi connectivity index (χ0n) is 13.9. The summed E-state index contributed by atoms with van der Waals surface area (Å²) in [5.41, 5.74) is 0.128. The fourth-order valence-corrected chi connectivity index (χ4v) is 2.68. The maximum absolute atomic E-state index is 12.6. The van der Waals surface area contributed by atoms with E-state index in [-0.39, 0.29) is 35.6 Å². The molecule has 1 aliphatic rings. The van der Waals surface area contributed by atoms with Crippen molar-refractivity contribution in [3.8, 4) is 0 Å². The van der Waals surface area contributed by atoms with Crippen LogP contribution in [0.3, 0.4) is 0 Å². The number of carbonyl (C=O) groups is 2. The summed E-state index contributed by atoms with van der Waals surface area (Å²) in [5.74, 6) is -0.00686. The topological polar surface area (TPSA) is 53.8 Å². The van der Waals surface area contributed by atoms with E-state index in [1.165, 1.54) is 9.80 Å². The molecule has 2 amide bonds. The molecule has 130 valence electrons. The molecule has 2 heterocycles. The summed E-state index contributed by atoms with van der Waals surface area (Å²) in [4.78, 5) is 27.9. The van der Waals surface area contributed by atoms with Crippen molar-refractivity contribution in [3.05, 3.63) is 67.2 Å². The normalized spacial score (nSPS) is 15.2. The molecule has 0 bridgehead atoms. The molecule has 1 aliphatic heterocycles. The van der Waals surface area contributed by atoms with Gasteiger partial charge in [0.15, 0.2) is 5.11 Å². The number of amides is 2. The zero-order valence-corrected chi connectivity index (χ0v) is 14.7. The highest BCUT2D eigenvalue weighted by Crippen LogP contribution is 2.19. The fourth-order valence-electron chi connectivity index (χ4n) is 2.37. The summed E-state index contributed by atoms with van der Waals surface area (Å²) >= 11 is 5.25. The predicted octanol–water partition coefficient (Wildman–Crippen LogP) is 3.33. The van der Waals surface area contributed by atoms with E-state index < -0.39 is 0 Å². The number of rotatable bonds is 8. The standard InChI is InChI=1S/C19H20N2O3S/c1-3-12-20-17(22)16(18(23)21(13-4-2)19(20)25)11-7-5-6-9-15-10-8-14-24-15/h3-4,6,8-11,14H,1-2,5,7,12-13H2. The van der Waals surface area contributed by atoms with E-state index in [2.05, 4.69) is 13.2 Å². The van der Waals surface area contributed by atoms with Crippen LogP contribution in [0.5, 0.6) is 0 Å². The fraction of sp³-hybridized carbons (Fsp3) is 0.211. The van der Waals surface area contributed by atoms with Gasteiger partial charge in [-0.15, -0.1) is 13.2 Å². The van der Waals surface area contributed by atoms with Crippen LogP contribution in [0, 0.1) is 0 Å². The predicted molar refractivity (Wildman–Crippen MR) is 101 cm³/mol. The molecule has 0 N–H and O–H groups in total. The quantitative estimate of drug-likeness (QED) is 0.236. The number of thiocarbonyl (C=S) groups is 1. The number of nitrogens with zero attached hydrogens (tertiary/aromatic N) is 2. The summed E-state index contributed by atoms with van der Waals surface area (Å²) in [6, 6.07) is 3.66. The van der Waals surface area contributed by atoms with Gasteiger partial charge in [0.2, 0.25) is 0 Å². The lowest BCUT2D eigenvalue weighted by molar-refractivity contribution is -0.133. The maximum atomic E-state index is 12.6. The third kappa shape index (κ3) is 4.42. The molecular weight excluding hydrogens is 336 g/mol. The van der Waals surface area contributed by atoms with Gasteiger partial charge in [-0.3, -0.25) is 19.4 Å². The lowest BCUT2D eigenvalue weighted by atomic mass is 10.1. The maximum Gasteiger partial charge on any atom is 0.265 e. The highest BCUT2D eigenvalue weighted by atomic mass is 32.1. The van der Waals surface area contributed by atoms with Crippen LogP contribution in [0.1, 0.15) is 18.6 Å². The molecule has 5 nitrogen and oxygen atoms in total. The molecule has 1 aromatic heterocycles. The zero-order chi connectivity index (χ0) is 18.2. The monoisotopic (exact) mass is 356 g/mol. The first kappa shape index (κ1) is 18.6. The van der Waals surface area contributed by atoms with Crippen LogP contribution in [0.15, 0.2) is 65.8 Å². The summed E-state index contributed by atoms with van der Waals surface area (Å²) in [7, 11) is 0. The van der Waals surface area contributed by atoms with Crippen molar-refractivity contribution in [1.82, 2.24) is 9.80 Å². The van der Waals surface area contributed by atoms with Crippen molar-refractivity contribution in [2.75, 3.05) is 13.1 Å². The highest BCUT2D eigenvalue weighted by molar-refractivity contribution is 7.80. The molecule has 0 unspecified atom stereocenters. The lowest BCUT2D eigenvalue weighted by Crippen LogP contribution is -2.56. The Kier molecular flexibility index (Phi) is 6.65. The van der Waals surface area contributed by atoms with Crippen LogP contribution in [0.4, 0.5) is 0 Å². The van der Waals surface area contributed by atoms with E-state index in [1.54, 1.807) is 24.5 Å². The second-order valence-corrected chi connectivity index (χ2v) is 5.67. The number of carbonyl (C=O) groups excluding carboxylic acids is 2. The van der Waals surface area contributed by atoms with Gasteiger partial charge in [0.05, 0.1) is 6.26 Å². The van der Waals surface area contributed by atoms with E-state index in [0.29, 0.717) is 12.8 Å². The van der Waals surface area contributed by atoms with Crippen molar-refractivity contribution in [3.63, 3.8) is 0 Å². The molecule has 0 atom stereocenters. The van der Waals surface area contributed by atoms with Crippen molar-refractivity contribution < 1.29 is 14.0 Å². The molecule has 2 rings (SSSR count). The summed E-state index contributed by atoms with van der Waals surface area (Å²) in [5, 5.41) is 0.185. The van der Waals surface area contributed by atoms with E-state index in [1.807, 2.05) is 24.3 Å². The Labute approximate surface area is 152 Å². The minimum absolute atomic E-state index is 0.128. The van der Waals surface area contributed by atoms with Crippen molar-refractivity contribution in [2.45, 2.75) is 12.8 Å². The summed E-state index contributed by atoms with van der Waals surface area (Å²) < 4.78 is 5.20. The SMILES string of the molecule is C=CCN1C(=O)C(=CCCC=Cc2ccco2)C(=O)N(CC=C)C1=S. The lowest BCUT2D eigenvalue weighted by Gasteiger charge is -2.35. The van der Waals surface area contributed by atoms with Crippen LogP contribution in [-0.2, 0) is 9.59 Å². The van der Waals surface area contributed by atoms with Gasteiger partial charge in [-0.05, 0) is 43.3 Å². The molecule has 0 radical (unpaired) electrons. The van der Waals surface area contributed by atoms with Crippen molar-refractivity contribution >= 4 is 35.2 Å². The van der Waals surface area contributed by atoms with E-state index in [0.717, 1.165) is 5.76 Å². The van der Waals surface area contributed by atoms with Crippen molar-refractivity contribution in [1.29, 1.82) is 0 Å². The average Bonchev–Trinajstić information content (AvgIpc) is 3.11. The number of hydrogen-bond acceptors (Lipinski definition) is 4. The van der Waals surface area contributed by atoms with Gasteiger partial charge >= 0.3 is 0 Å². The third-order valence-corrected chi connectivity index (χ3v) is 3.98. The molecule has 0 aromatic carbocycles. The third-order valence-electron chi connectivity index (χ3n) is 3.54. The number of hydrogen-bond donors (Lipinski definition) is 0. The molecule has 6 heteroatoms. The number of unbranched alkanes of at least 4 members (excludes halogenated alkanes) is 1. The van der Waals surface area contributed by atoms with Crippen LogP contribution in [0.25, 0.3) is 6.08 Å². The van der Waals surface area contributed by atoms with Gasteiger partial charge in [-0.1, -0.05) is 24.3 Å². The highest BCUT2D eigenvalue weighted by Gasteiger charge is 2.37. The Morgan fingerprint density at radius 3 is 2.24 bits per heavy atom. The Bertz CT molecular complexity index is 698. The van der Waals surface area contributed by atoms with Gasteiger partial charge in [-0.2, -0.15) is 0 Å². The van der Waals surface area contributed by atoms with Gasteiger partial charge in [0.1, 0.15) is 11.3 Å². The second kappa shape index (κ2) is 8.94. The molecule has 1 saturated heterocycles. The summed E-state index contributed by atoms with van der Waals surface area (Å²) in [6.45, 7) is 7.79. The van der Waals surface area contributed by atoms with Crippen LogP contribution >= 0.6 is 12.2 Å². The molecule has 1 aromatic rings. The molecule has 1 fully saturated rings. The van der Waals surface area contributed by atoms with Gasteiger partial charge in [-0.25, -0.2) is 0 Å². The Morgan fingerprint density at radius 1 is 1.08 bits per heavy atom. The van der Waals surface area contributed by atoms with E-state index in [9.17, 15) is 9.59 Å². The minimum Gasteiger partial charge on any atom is -0.465 e. The Hall–Kier alpha value is -2.73.